The Morgan fingerprint density at radius 2 is 1.89 bits per heavy atom. The first-order chi connectivity index (χ1) is 12.8. The minimum Gasteiger partial charge on any atom is -0.450 e. The predicted molar refractivity (Wildman–Crippen MR) is 105 cm³/mol. The summed E-state index contributed by atoms with van der Waals surface area (Å²) in [5, 5.41) is 6.60. The smallest absolute Gasteiger partial charge is 0.409 e. The molecule has 2 N–H and O–H groups in total. The molecule has 0 atom stereocenters. The third-order valence-corrected chi connectivity index (χ3v) is 5.53. The molecular formula is C18H28N4O4S. The molecule has 2 rings (SSSR count). The van der Waals surface area contributed by atoms with Crippen LogP contribution in [0.2, 0.25) is 0 Å². The lowest BCUT2D eigenvalue weighted by atomic mass is 10.1. The van der Waals surface area contributed by atoms with Gasteiger partial charge < -0.3 is 20.3 Å². The molecule has 1 fully saturated rings. The predicted octanol–water partition coefficient (Wildman–Crippen LogP) is 1.38. The van der Waals surface area contributed by atoms with Crippen molar-refractivity contribution in [2.45, 2.75) is 37.2 Å². The second kappa shape index (κ2) is 9.59. The van der Waals surface area contributed by atoms with Gasteiger partial charge in [0.05, 0.1) is 11.5 Å². The number of nitrogens with one attached hydrogen (secondary N) is 2. The number of guanidine groups is 1. The van der Waals surface area contributed by atoms with Gasteiger partial charge in [0.15, 0.2) is 15.8 Å². The molecule has 150 valence electrons. The van der Waals surface area contributed by atoms with E-state index in [1.807, 2.05) is 0 Å². The third kappa shape index (κ3) is 6.42. The van der Waals surface area contributed by atoms with Gasteiger partial charge in [-0.15, -0.1) is 0 Å². The summed E-state index contributed by atoms with van der Waals surface area (Å²) in [6.45, 7) is 4.03. The molecule has 0 spiro atoms. The third-order valence-electron chi connectivity index (χ3n) is 4.40. The molecule has 0 radical (unpaired) electrons. The average Bonchev–Trinajstić information content (AvgIpc) is 2.65. The Kier molecular flexibility index (Phi) is 7.46. The molecule has 0 aromatic heterocycles. The fourth-order valence-corrected chi connectivity index (χ4v) is 3.48. The van der Waals surface area contributed by atoms with E-state index in [1.165, 1.54) is 6.26 Å². The van der Waals surface area contributed by atoms with Crippen molar-refractivity contribution >= 4 is 21.9 Å². The second-order valence-electron chi connectivity index (χ2n) is 6.45. The molecule has 0 bridgehead atoms. The summed E-state index contributed by atoms with van der Waals surface area (Å²) in [6, 6.07) is 7.01. The van der Waals surface area contributed by atoms with E-state index < -0.39 is 9.84 Å². The SMILES string of the molecule is CCOC(=O)N1CCC(NC(=NC)NCc2ccc(S(C)(=O)=O)cc2)CC1. The van der Waals surface area contributed by atoms with Crippen LogP contribution in [0.4, 0.5) is 4.79 Å². The van der Waals surface area contributed by atoms with Gasteiger partial charge in [-0.3, -0.25) is 4.99 Å². The maximum atomic E-state index is 11.7. The van der Waals surface area contributed by atoms with E-state index >= 15 is 0 Å². The highest BCUT2D eigenvalue weighted by Crippen LogP contribution is 2.12. The number of rotatable bonds is 5. The van der Waals surface area contributed by atoms with Crippen molar-refractivity contribution < 1.29 is 17.9 Å². The Balaban J connectivity index is 1.80. The van der Waals surface area contributed by atoms with Crippen molar-refractivity contribution in [3.63, 3.8) is 0 Å². The number of benzene rings is 1. The number of hydrogen-bond acceptors (Lipinski definition) is 5. The van der Waals surface area contributed by atoms with Gasteiger partial charge in [0.25, 0.3) is 0 Å². The molecule has 0 unspecified atom stereocenters. The first-order valence-corrected chi connectivity index (χ1v) is 10.9. The Bertz CT molecular complexity index is 754. The minimum atomic E-state index is -3.18. The standard InChI is InChI=1S/C18H28N4O4S/c1-4-26-18(23)22-11-9-15(10-12-22)21-17(19-2)20-13-14-5-7-16(8-6-14)27(3,24)25/h5-8,15H,4,9-13H2,1-3H3,(H2,19,20,21). The van der Waals surface area contributed by atoms with Gasteiger partial charge in [0.1, 0.15) is 0 Å². The van der Waals surface area contributed by atoms with Gasteiger partial charge in [0.2, 0.25) is 0 Å². The number of nitrogens with zero attached hydrogens (tertiary/aromatic N) is 2. The lowest BCUT2D eigenvalue weighted by Crippen LogP contribution is -2.49. The van der Waals surface area contributed by atoms with E-state index in [-0.39, 0.29) is 12.1 Å². The fourth-order valence-electron chi connectivity index (χ4n) is 2.85. The van der Waals surface area contributed by atoms with Crippen LogP contribution < -0.4 is 10.6 Å². The Morgan fingerprint density at radius 3 is 2.41 bits per heavy atom. The largest absolute Gasteiger partial charge is 0.450 e. The average molecular weight is 397 g/mol. The van der Waals surface area contributed by atoms with Gasteiger partial charge in [-0.1, -0.05) is 12.1 Å². The lowest BCUT2D eigenvalue weighted by molar-refractivity contribution is 0.0963. The molecule has 1 amide bonds. The van der Waals surface area contributed by atoms with Gasteiger partial charge in [-0.2, -0.15) is 0 Å². The number of carbonyl (C=O) groups excluding carboxylic acids is 1. The molecule has 0 saturated carbocycles. The summed E-state index contributed by atoms with van der Waals surface area (Å²) in [6.07, 6.45) is 2.58. The quantitative estimate of drug-likeness (QED) is 0.576. The fraction of sp³-hybridized carbons (Fsp3) is 0.556. The van der Waals surface area contributed by atoms with Crippen molar-refractivity contribution in [1.82, 2.24) is 15.5 Å². The monoisotopic (exact) mass is 396 g/mol. The summed E-state index contributed by atoms with van der Waals surface area (Å²) in [4.78, 5) is 18.0. The summed E-state index contributed by atoms with van der Waals surface area (Å²) in [5.41, 5.74) is 0.961. The number of carbonyl (C=O) groups is 1. The Morgan fingerprint density at radius 1 is 1.26 bits per heavy atom. The van der Waals surface area contributed by atoms with Crippen molar-refractivity contribution in [2.75, 3.05) is 33.0 Å². The van der Waals surface area contributed by atoms with Crippen molar-refractivity contribution in [3.05, 3.63) is 29.8 Å². The van der Waals surface area contributed by atoms with E-state index in [0.717, 1.165) is 18.4 Å². The lowest BCUT2D eigenvalue weighted by Gasteiger charge is -2.32. The molecule has 0 aliphatic carbocycles. The maximum Gasteiger partial charge on any atom is 0.409 e. The zero-order valence-corrected chi connectivity index (χ0v) is 16.9. The second-order valence-corrected chi connectivity index (χ2v) is 8.46. The van der Waals surface area contributed by atoms with Gasteiger partial charge >= 0.3 is 6.09 Å². The van der Waals surface area contributed by atoms with Crippen molar-refractivity contribution in [1.29, 1.82) is 0 Å². The highest BCUT2D eigenvalue weighted by molar-refractivity contribution is 7.90. The van der Waals surface area contributed by atoms with Crippen LogP contribution in [0.1, 0.15) is 25.3 Å². The number of ether oxygens (including phenoxy) is 1. The van der Waals surface area contributed by atoms with Crippen LogP contribution in [0.3, 0.4) is 0 Å². The molecular weight excluding hydrogens is 368 g/mol. The number of sulfone groups is 1. The maximum absolute atomic E-state index is 11.7. The molecule has 1 aromatic rings. The molecule has 27 heavy (non-hydrogen) atoms. The molecule has 1 heterocycles. The molecule has 9 heteroatoms. The van der Waals surface area contributed by atoms with Crippen LogP contribution in [0.15, 0.2) is 34.2 Å². The van der Waals surface area contributed by atoms with Gasteiger partial charge in [-0.25, -0.2) is 13.2 Å². The highest BCUT2D eigenvalue weighted by Gasteiger charge is 2.24. The topological polar surface area (TPSA) is 100 Å². The van der Waals surface area contributed by atoms with E-state index in [9.17, 15) is 13.2 Å². The van der Waals surface area contributed by atoms with Crippen molar-refractivity contribution in [3.8, 4) is 0 Å². The van der Waals surface area contributed by atoms with E-state index in [0.29, 0.717) is 37.1 Å². The van der Waals surface area contributed by atoms with Crippen LogP contribution in [-0.4, -0.2) is 64.4 Å². The van der Waals surface area contributed by atoms with Crippen LogP contribution in [-0.2, 0) is 21.1 Å². The molecule has 1 saturated heterocycles. The molecule has 8 nitrogen and oxygen atoms in total. The number of piperidine rings is 1. The summed E-state index contributed by atoms with van der Waals surface area (Å²) in [5.74, 6) is 0.678. The number of likely N-dealkylation sites (tertiary alicyclic amines) is 1. The molecule has 1 aromatic carbocycles. The normalized spacial score (nSPS) is 16.1. The van der Waals surface area contributed by atoms with Crippen LogP contribution in [0, 0.1) is 0 Å². The summed E-state index contributed by atoms with van der Waals surface area (Å²) >= 11 is 0. The van der Waals surface area contributed by atoms with Crippen molar-refractivity contribution in [2.24, 2.45) is 4.99 Å². The first kappa shape index (κ1) is 21.0. The number of aliphatic imine (C=N–C) groups is 1. The van der Waals surface area contributed by atoms with Crippen LogP contribution >= 0.6 is 0 Å². The molecule has 1 aliphatic rings. The number of hydrogen-bond donors (Lipinski definition) is 2. The molecule has 1 aliphatic heterocycles. The zero-order valence-electron chi connectivity index (χ0n) is 16.1. The Hall–Kier alpha value is -2.29. The summed E-state index contributed by atoms with van der Waals surface area (Å²) in [7, 11) is -1.48. The highest BCUT2D eigenvalue weighted by atomic mass is 32.2. The first-order valence-electron chi connectivity index (χ1n) is 9.01. The van der Waals surface area contributed by atoms with Gasteiger partial charge in [0, 0.05) is 39.0 Å². The van der Waals surface area contributed by atoms with Crippen LogP contribution in [0.25, 0.3) is 0 Å². The number of amides is 1. The minimum absolute atomic E-state index is 0.231. The van der Waals surface area contributed by atoms with E-state index in [4.69, 9.17) is 4.74 Å². The summed E-state index contributed by atoms with van der Waals surface area (Å²) < 4.78 is 28.0. The van der Waals surface area contributed by atoms with Crippen LogP contribution in [0.5, 0.6) is 0 Å². The Labute approximate surface area is 160 Å². The van der Waals surface area contributed by atoms with E-state index in [2.05, 4.69) is 15.6 Å². The zero-order chi connectivity index (χ0) is 19.9. The van der Waals surface area contributed by atoms with E-state index in [1.54, 1.807) is 43.1 Å². The van der Waals surface area contributed by atoms with Gasteiger partial charge in [-0.05, 0) is 37.5 Å².